The van der Waals surface area contributed by atoms with Crippen molar-refractivity contribution < 1.29 is 9.18 Å². The Hall–Kier alpha value is -1.43. The minimum absolute atomic E-state index is 0. The van der Waals surface area contributed by atoms with E-state index >= 15 is 0 Å². The molecule has 0 radical (unpaired) electrons. The van der Waals surface area contributed by atoms with Crippen LogP contribution in [0.25, 0.3) is 10.1 Å². The monoisotopic (exact) mass is 340 g/mol. The molecule has 0 saturated carbocycles. The topological polar surface area (TPSA) is 41.1 Å². The second-order valence-corrected chi connectivity index (χ2v) is 6.22. The van der Waals surface area contributed by atoms with Crippen molar-refractivity contribution in [2.24, 2.45) is 0 Å². The van der Waals surface area contributed by atoms with Crippen molar-refractivity contribution in [2.75, 3.05) is 19.6 Å². The average Bonchev–Trinajstić information content (AvgIpc) is 2.84. The second-order valence-electron chi connectivity index (χ2n) is 5.17. The van der Waals surface area contributed by atoms with Crippen molar-refractivity contribution in [1.29, 1.82) is 0 Å². The number of nitrogens with one attached hydrogen (secondary N) is 2. The van der Waals surface area contributed by atoms with Crippen molar-refractivity contribution >= 4 is 39.7 Å². The number of hydrogen-bond donors (Lipinski definition) is 2. The van der Waals surface area contributed by atoms with Crippen molar-refractivity contribution in [3.8, 4) is 0 Å². The molecule has 118 valence electrons. The summed E-state index contributed by atoms with van der Waals surface area (Å²) in [5.41, 5.74) is 1.97. The average molecular weight is 341 g/mol. The van der Waals surface area contributed by atoms with Gasteiger partial charge in [0.2, 0.25) is 0 Å². The fourth-order valence-electron chi connectivity index (χ4n) is 2.57. The van der Waals surface area contributed by atoms with Gasteiger partial charge in [0.1, 0.15) is 5.82 Å². The molecule has 1 aromatic carbocycles. The third-order valence-corrected chi connectivity index (χ3v) is 5.00. The van der Waals surface area contributed by atoms with E-state index < -0.39 is 0 Å². The summed E-state index contributed by atoms with van der Waals surface area (Å²) in [6.45, 7) is 4.18. The lowest BCUT2D eigenvalue weighted by Crippen LogP contribution is -2.29. The first-order valence-corrected chi connectivity index (χ1v) is 7.83. The van der Waals surface area contributed by atoms with Gasteiger partial charge in [0.15, 0.2) is 0 Å². The smallest absolute Gasteiger partial charge is 0.261 e. The molecule has 0 fully saturated rings. The Kier molecular flexibility index (Phi) is 5.56. The van der Waals surface area contributed by atoms with E-state index in [-0.39, 0.29) is 24.1 Å². The highest BCUT2D eigenvalue weighted by Gasteiger charge is 2.17. The zero-order valence-corrected chi connectivity index (χ0v) is 13.9. The zero-order valence-electron chi connectivity index (χ0n) is 12.2. The molecule has 1 aromatic heterocycles. The fourth-order valence-corrected chi connectivity index (χ4v) is 3.71. The van der Waals surface area contributed by atoms with Gasteiger partial charge < -0.3 is 10.6 Å². The zero-order chi connectivity index (χ0) is 14.8. The molecule has 3 nitrogen and oxygen atoms in total. The van der Waals surface area contributed by atoms with Crippen LogP contribution in [0, 0.1) is 12.7 Å². The molecule has 0 bridgehead atoms. The number of aryl methyl sites for hydroxylation is 1. The van der Waals surface area contributed by atoms with Crippen LogP contribution in [-0.4, -0.2) is 25.5 Å². The molecule has 2 aromatic rings. The van der Waals surface area contributed by atoms with Gasteiger partial charge in [-0.1, -0.05) is 17.7 Å². The standard InChI is InChI=1S/C16H17FN2OS.ClH/c1-10-14-12(17)3-2-4-13(14)21-15(10)16(20)19-9-11-5-7-18-8-6-11;/h2-5,18H,6-9H2,1H3,(H,19,20);1H. The normalized spacial score (nSPS) is 14.4. The lowest BCUT2D eigenvalue weighted by Gasteiger charge is -2.14. The summed E-state index contributed by atoms with van der Waals surface area (Å²) < 4.78 is 14.7. The predicted molar refractivity (Wildman–Crippen MR) is 91.7 cm³/mol. The Morgan fingerprint density at radius 2 is 2.27 bits per heavy atom. The Balaban J connectivity index is 0.00000176. The molecule has 3 rings (SSSR count). The Bertz CT molecular complexity index is 726. The number of fused-ring (bicyclic) bond motifs is 1. The Morgan fingerprint density at radius 1 is 1.45 bits per heavy atom. The molecule has 1 amide bonds. The van der Waals surface area contributed by atoms with Gasteiger partial charge in [-0.05, 0) is 37.6 Å². The van der Waals surface area contributed by atoms with Gasteiger partial charge in [-0.2, -0.15) is 0 Å². The van der Waals surface area contributed by atoms with Crippen LogP contribution in [0.5, 0.6) is 0 Å². The fraction of sp³-hybridized carbons (Fsp3) is 0.312. The maximum atomic E-state index is 13.9. The predicted octanol–water partition coefficient (Wildman–Crippen LogP) is 3.42. The van der Waals surface area contributed by atoms with Crippen molar-refractivity contribution in [1.82, 2.24) is 10.6 Å². The van der Waals surface area contributed by atoms with E-state index in [1.807, 2.05) is 6.07 Å². The summed E-state index contributed by atoms with van der Waals surface area (Å²) in [5, 5.41) is 6.74. The van der Waals surface area contributed by atoms with Crippen molar-refractivity contribution in [2.45, 2.75) is 13.3 Å². The van der Waals surface area contributed by atoms with E-state index in [1.54, 1.807) is 13.0 Å². The van der Waals surface area contributed by atoms with E-state index in [1.165, 1.54) is 23.0 Å². The van der Waals surface area contributed by atoms with E-state index in [2.05, 4.69) is 16.7 Å². The first kappa shape index (κ1) is 16.9. The first-order chi connectivity index (χ1) is 10.2. The van der Waals surface area contributed by atoms with E-state index in [0.29, 0.717) is 16.8 Å². The summed E-state index contributed by atoms with van der Waals surface area (Å²) in [4.78, 5) is 12.9. The lowest BCUT2D eigenvalue weighted by molar-refractivity contribution is 0.0960. The van der Waals surface area contributed by atoms with Gasteiger partial charge in [-0.3, -0.25) is 4.79 Å². The quantitative estimate of drug-likeness (QED) is 0.841. The highest BCUT2D eigenvalue weighted by atomic mass is 35.5. The van der Waals surface area contributed by atoms with Gasteiger partial charge in [-0.25, -0.2) is 4.39 Å². The molecule has 1 aliphatic rings. The molecule has 1 aliphatic heterocycles. The van der Waals surface area contributed by atoms with Crippen molar-refractivity contribution in [3.63, 3.8) is 0 Å². The molecule has 0 aliphatic carbocycles. The first-order valence-electron chi connectivity index (χ1n) is 7.01. The third-order valence-electron chi connectivity index (χ3n) is 3.74. The number of thiophene rings is 1. The van der Waals surface area contributed by atoms with Crippen LogP contribution in [-0.2, 0) is 0 Å². The van der Waals surface area contributed by atoms with Crippen LogP contribution in [0.3, 0.4) is 0 Å². The SMILES string of the molecule is Cc1c(C(=O)NCC2=CCNCC2)sc2cccc(F)c12.Cl. The maximum absolute atomic E-state index is 13.9. The molecule has 0 atom stereocenters. The summed E-state index contributed by atoms with van der Waals surface area (Å²) in [7, 11) is 0. The highest BCUT2D eigenvalue weighted by molar-refractivity contribution is 7.21. The van der Waals surface area contributed by atoms with E-state index in [0.717, 1.165) is 29.8 Å². The lowest BCUT2D eigenvalue weighted by atomic mass is 10.1. The third kappa shape index (κ3) is 3.32. The molecule has 0 saturated heterocycles. The van der Waals surface area contributed by atoms with Gasteiger partial charge in [-0.15, -0.1) is 23.7 Å². The van der Waals surface area contributed by atoms with Crippen LogP contribution >= 0.6 is 23.7 Å². The number of carbonyl (C=O) groups is 1. The summed E-state index contributed by atoms with van der Waals surface area (Å²) >= 11 is 1.35. The summed E-state index contributed by atoms with van der Waals surface area (Å²) in [6.07, 6.45) is 3.07. The molecule has 22 heavy (non-hydrogen) atoms. The van der Waals surface area contributed by atoms with Crippen LogP contribution in [0.4, 0.5) is 4.39 Å². The Labute approximate surface area is 139 Å². The van der Waals surface area contributed by atoms with Crippen LogP contribution in [0.15, 0.2) is 29.8 Å². The molecule has 0 unspecified atom stereocenters. The number of halogens is 2. The van der Waals surface area contributed by atoms with E-state index in [4.69, 9.17) is 0 Å². The molecular formula is C16H18ClFN2OS. The molecule has 2 N–H and O–H groups in total. The number of carbonyl (C=O) groups excluding carboxylic acids is 1. The Morgan fingerprint density at radius 3 is 2.95 bits per heavy atom. The van der Waals surface area contributed by atoms with Crippen LogP contribution in [0.1, 0.15) is 21.7 Å². The molecule has 2 heterocycles. The second kappa shape index (κ2) is 7.22. The summed E-state index contributed by atoms with van der Waals surface area (Å²) in [6, 6.07) is 4.96. The van der Waals surface area contributed by atoms with Gasteiger partial charge in [0, 0.05) is 23.2 Å². The van der Waals surface area contributed by atoms with Crippen LogP contribution in [0.2, 0.25) is 0 Å². The minimum atomic E-state index is -0.263. The van der Waals surface area contributed by atoms with Crippen molar-refractivity contribution in [3.05, 3.63) is 46.1 Å². The van der Waals surface area contributed by atoms with Crippen LogP contribution < -0.4 is 10.6 Å². The number of benzene rings is 1. The largest absolute Gasteiger partial charge is 0.348 e. The number of rotatable bonds is 3. The minimum Gasteiger partial charge on any atom is -0.348 e. The molecule has 0 spiro atoms. The number of hydrogen-bond acceptors (Lipinski definition) is 3. The van der Waals surface area contributed by atoms with Gasteiger partial charge >= 0.3 is 0 Å². The summed E-state index contributed by atoms with van der Waals surface area (Å²) in [5.74, 6) is -0.381. The van der Waals surface area contributed by atoms with Gasteiger partial charge in [0.05, 0.1) is 4.88 Å². The maximum Gasteiger partial charge on any atom is 0.261 e. The molecule has 6 heteroatoms. The van der Waals surface area contributed by atoms with E-state index in [9.17, 15) is 9.18 Å². The van der Waals surface area contributed by atoms with Gasteiger partial charge in [0.25, 0.3) is 5.91 Å². The molecular weight excluding hydrogens is 323 g/mol. The highest BCUT2D eigenvalue weighted by Crippen LogP contribution is 2.32. The number of amides is 1.